The highest BCUT2D eigenvalue weighted by molar-refractivity contribution is 5.94. The molecule has 0 aliphatic rings. The van der Waals surface area contributed by atoms with Crippen molar-refractivity contribution in [1.82, 2.24) is 14.8 Å². The Bertz CT molecular complexity index is 857. The van der Waals surface area contributed by atoms with Gasteiger partial charge in [0.2, 0.25) is 0 Å². The average molecular weight is 311 g/mol. The summed E-state index contributed by atoms with van der Waals surface area (Å²) in [5.74, 6) is -0.252. The summed E-state index contributed by atoms with van der Waals surface area (Å²) in [6.45, 7) is 1.89. The number of aromatic nitrogens is 3. The van der Waals surface area contributed by atoms with E-state index in [1.807, 2.05) is 13.0 Å². The number of ether oxygens (including phenoxy) is 1. The lowest BCUT2D eigenvalue weighted by Crippen LogP contribution is -2.10. The van der Waals surface area contributed by atoms with E-state index in [4.69, 9.17) is 4.74 Å². The van der Waals surface area contributed by atoms with E-state index < -0.39 is 5.97 Å². The van der Waals surface area contributed by atoms with Crippen LogP contribution in [0.15, 0.2) is 48.8 Å². The summed E-state index contributed by atoms with van der Waals surface area (Å²) >= 11 is 0. The van der Waals surface area contributed by atoms with Gasteiger partial charge in [0.05, 0.1) is 18.4 Å². The number of methoxy groups -OCH3 is 1. The molecule has 116 valence electrons. The van der Waals surface area contributed by atoms with Crippen molar-refractivity contribution in [2.45, 2.75) is 6.92 Å². The lowest BCUT2D eigenvalue weighted by Gasteiger charge is -2.13. The molecule has 0 N–H and O–H groups in total. The molecule has 0 saturated carbocycles. The van der Waals surface area contributed by atoms with Crippen LogP contribution < -0.4 is 0 Å². The van der Waals surface area contributed by atoms with Gasteiger partial charge >= 0.3 is 5.97 Å². The van der Waals surface area contributed by atoms with E-state index in [1.54, 1.807) is 28.8 Å². The number of hydrogen-bond acceptors (Lipinski definition) is 4. The SMILES string of the molecule is COC(=O)c1cccc(C)c1-n1cnnc1-c1ccc(F)cc1. The van der Waals surface area contributed by atoms with Crippen LogP contribution >= 0.6 is 0 Å². The van der Waals surface area contributed by atoms with Gasteiger partial charge < -0.3 is 4.74 Å². The van der Waals surface area contributed by atoms with Gasteiger partial charge in [-0.15, -0.1) is 10.2 Å². The van der Waals surface area contributed by atoms with E-state index in [2.05, 4.69) is 10.2 Å². The second-order valence-corrected chi connectivity index (χ2v) is 4.99. The van der Waals surface area contributed by atoms with E-state index in [1.165, 1.54) is 25.6 Å². The molecule has 0 spiro atoms. The van der Waals surface area contributed by atoms with Gasteiger partial charge in [-0.2, -0.15) is 0 Å². The molecule has 0 saturated heterocycles. The quantitative estimate of drug-likeness (QED) is 0.697. The molecule has 0 aliphatic carbocycles. The fourth-order valence-corrected chi connectivity index (χ4v) is 2.45. The van der Waals surface area contributed by atoms with Crippen LogP contribution in [0.25, 0.3) is 17.1 Å². The smallest absolute Gasteiger partial charge is 0.340 e. The summed E-state index contributed by atoms with van der Waals surface area (Å²) in [5.41, 5.74) is 2.62. The van der Waals surface area contributed by atoms with Crippen molar-refractivity contribution in [3.63, 3.8) is 0 Å². The van der Waals surface area contributed by atoms with E-state index in [-0.39, 0.29) is 5.82 Å². The third kappa shape index (κ3) is 2.70. The predicted octanol–water partition coefficient (Wildman–Crippen LogP) is 3.17. The predicted molar refractivity (Wildman–Crippen MR) is 82.8 cm³/mol. The Morgan fingerprint density at radius 1 is 1.17 bits per heavy atom. The molecule has 3 rings (SSSR count). The first-order valence-electron chi connectivity index (χ1n) is 6.96. The Morgan fingerprint density at radius 3 is 2.61 bits per heavy atom. The van der Waals surface area contributed by atoms with Crippen molar-refractivity contribution in [3.05, 3.63) is 65.7 Å². The van der Waals surface area contributed by atoms with E-state index >= 15 is 0 Å². The summed E-state index contributed by atoms with van der Waals surface area (Å²) in [4.78, 5) is 12.0. The Balaban J connectivity index is 2.20. The van der Waals surface area contributed by atoms with Crippen molar-refractivity contribution in [1.29, 1.82) is 0 Å². The summed E-state index contributed by atoms with van der Waals surface area (Å²) in [5, 5.41) is 8.03. The molecule has 1 aromatic heterocycles. The van der Waals surface area contributed by atoms with E-state index in [9.17, 15) is 9.18 Å². The molecule has 2 aromatic carbocycles. The Kier molecular flexibility index (Phi) is 3.89. The summed E-state index contributed by atoms with van der Waals surface area (Å²) in [7, 11) is 1.33. The summed E-state index contributed by atoms with van der Waals surface area (Å²) < 4.78 is 19.7. The first-order chi connectivity index (χ1) is 11.1. The third-order valence-corrected chi connectivity index (χ3v) is 3.53. The van der Waals surface area contributed by atoms with Crippen molar-refractivity contribution in [2.24, 2.45) is 0 Å². The largest absolute Gasteiger partial charge is 0.465 e. The maximum absolute atomic E-state index is 13.1. The molecule has 0 amide bonds. The number of para-hydroxylation sites is 1. The van der Waals surface area contributed by atoms with E-state index in [0.717, 1.165) is 5.56 Å². The normalized spacial score (nSPS) is 10.6. The number of halogens is 1. The number of hydrogen-bond donors (Lipinski definition) is 0. The fraction of sp³-hybridized carbons (Fsp3) is 0.118. The minimum atomic E-state index is -0.442. The Morgan fingerprint density at radius 2 is 1.91 bits per heavy atom. The molecule has 0 fully saturated rings. The topological polar surface area (TPSA) is 57.0 Å². The molecule has 0 radical (unpaired) electrons. The monoisotopic (exact) mass is 311 g/mol. The first-order valence-corrected chi connectivity index (χ1v) is 6.96. The molecule has 0 aliphatic heterocycles. The molecule has 5 nitrogen and oxygen atoms in total. The highest BCUT2D eigenvalue weighted by atomic mass is 19.1. The second-order valence-electron chi connectivity index (χ2n) is 4.99. The van der Waals surface area contributed by atoms with Crippen LogP contribution in [-0.2, 0) is 4.74 Å². The number of esters is 1. The van der Waals surface area contributed by atoms with Crippen LogP contribution in [0.2, 0.25) is 0 Å². The zero-order valence-electron chi connectivity index (χ0n) is 12.7. The number of rotatable bonds is 3. The van der Waals surface area contributed by atoms with Crippen molar-refractivity contribution < 1.29 is 13.9 Å². The van der Waals surface area contributed by atoms with E-state index in [0.29, 0.717) is 22.6 Å². The lowest BCUT2D eigenvalue weighted by atomic mass is 10.1. The molecular formula is C17H14FN3O2. The van der Waals surface area contributed by atoms with Crippen LogP contribution in [-0.4, -0.2) is 27.8 Å². The fourth-order valence-electron chi connectivity index (χ4n) is 2.45. The summed E-state index contributed by atoms with van der Waals surface area (Å²) in [6.07, 6.45) is 1.52. The van der Waals surface area contributed by atoms with Gasteiger partial charge in [-0.1, -0.05) is 12.1 Å². The van der Waals surface area contributed by atoms with Crippen LogP contribution in [0.1, 0.15) is 15.9 Å². The number of carbonyl (C=O) groups is 1. The van der Waals surface area contributed by atoms with Crippen molar-refractivity contribution in [3.8, 4) is 17.1 Å². The number of benzene rings is 2. The second kappa shape index (κ2) is 6.00. The zero-order chi connectivity index (χ0) is 16.4. The average Bonchev–Trinajstić information content (AvgIpc) is 3.03. The van der Waals surface area contributed by atoms with Gasteiger partial charge in [-0.25, -0.2) is 9.18 Å². The molecule has 6 heteroatoms. The van der Waals surface area contributed by atoms with Crippen LogP contribution in [0, 0.1) is 12.7 Å². The van der Waals surface area contributed by atoms with Gasteiger partial charge in [0, 0.05) is 5.56 Å². The van der Waals surface area contributed by atoms with Crippen molar-refractivity contribution in [2.75, 3.05) is 7.11 Å². The third-order valence-electron chi connectivity index (χ3n) is 3.53. The zero-order valence-corrected chi connectivity index (χ0v) is 12.7. The standard InChI is InChI=1S/C17H14FN3O2/c1-11-4-3-5-14(17(22)23-2)15(11)21-10-19-20-16(21)12-6-8-13(18)9-7-12/h3-10H,1-2H3. The van der Waals surface area contributed by atoms with Crippen molar-refractivity contribution >= 4 is 5.97 Å². The summed E-state index contributed by atoms with van der Waals surface area (Å²) in [6, 6.07) is 11.3. The molecule has 0 unspecified atom stereocenters. The first kappa shape index (κ1) is 14.9. The van der Waals surface area contributed by atoms with Gasteiger partial charge in [0.15, 0.2) is 5.82 Å². The van der Waals surface area contributed by atoms with Crippen LogP contribution in [0.5, 0.6) is 0 Å². The van der Waals surface area contributed by atoms with Gasteiger partial charge in [-0.3, -0.25) is 4.57 Å². The molecule has 1 heterocycles. The minimum Gasteiger partial charge on any atom is -0.465 e. The highest BCUT2D eigenvalue weighted by Crippen LogP contribution is 2.26. The minimum absolute atomic E-state index is 0.328. The Labute approximate surface area is 132 Å². The highest BCUT2D eigenvalue weighted by Gasteiger charge is 2.18. The van der Waals surface area contributed by atoms with Crippen LogP contribution in [0.3, 0.4) is 0 Å². The molecular weight excluding hydrogens is 297 g/mol. The lowest BCUT2D eigenvalue weighted by molar-refractivity contribution is 0.0600. The van der Waals surface area contributed by atoms with Gasteiger partial charge in [-0.05, 0) is 42.8 Å². The van der Waals surface area contributed by atoms with Gasteiger partial charge in [0.25, 0.3) is 0 Å². The molecule has 0 bridgehead atoms. The maximum atomic E-state index is 13.1. The molecule has 0 atom stereocenters. The molecule has 3 aromatic rings. The number of nitrogens with zero attached hydrogens (tertiary/aromatic N) is 3. The van der Waals surface area contributed by atoms with Crippen LogP contribution in [0.4, 0.5) is 4.39 Å². The maximum Gasteiger partial charge on any atom is 0.340 e. The number of aryl methyl sites for hydroxylation is 1. The Hall–Kier alpha value is -3.02. The molecule has 23 heavy (non-hydrogen) atoms. The van der Waals surface area contributed by atoms with Gasteiger partial charge in [0.1, 0.15) is 12.1 Å². The number of carbonyl (C=O) groups excluding carboxylic acids is 1.